The van der Waals surface area contributed by atoms with Crippen molar-refractivity contribution in [1.29, 1.82) is 0 Å². The molecule has 25 heavy (non-hydrogen) atoms. The number of nitrogens with one attached hydrogen (secondary N) is 1. The number of rotatable bonds is 5. The first-order valence-corrected chi connectivity index (χ1v) is 8.82. The normalized spacial score (nSPS) is 20.4. The van der Waals surface area contributed by atoms with Gasteiger partial charge >= 0.3 is 6.03 Å². The van der Waals surface area contributed by atoms with Crippen molar-refractivity contribution in [2.75, 3.05) is 45.9 Å². The molecule has 7 heteroatoms. The third kappa shape index (κ3) is 5.09. The number of amides is 3. The predicted octanol–water partition coefficient (Wildman–Crippen LogP) is 1.10. The van der Waals surface area contributed by atoms with Crippen LogP contribution in [0, 0.1) is 0 Å². The number of carbonyl (C=O) groups is 2. The van der Waals surface area contributed by atoms with Gasteiger partial charge in [-0.1, -0.05) is 18.2 Å². The Kier molecular flexibility index (Phi) is 6.11. The largest absolute Gasteiger partial charge is 0.484 e. The Morgan fingerprint density at radius 2 is 1.84 bits per heavy atom. The third-order valence-corrected chi connectivity index (χ3v) is 4.53. The molecule has 0 bridgehead atoms. The Morgan fingerprint density at radius 3 is 2.52 bits per heavy atom. The number of urea groups is 1. The fourth-order valence-corrected chi connectivity index (χ4v) is 3.03. The lowest BCUT2D eigenvalue weighted by Crippen LogP contribution is -2.54. The van der Waals surface area contributed by atoms with E-state index in [1.807, 2.05) is 30.3 Å². The summed E-state index contributed by atoms with van der Waals surface area (Å²) in [7, 11) is 0. The van der Waals surface area contributed by atoms with Gasteiger partial charge in [-0.25, -0.2) is 4.79 Å². The van der Waals surface area contributed by atoms with Crippen LogP contribution in [0.2, 0.25) is 0 Å². The summed E-state index contributed by atoms with van der Waals surface area (Å²) < 4.78 is 11.0. The van der Waals surface area contributed by atoms with Crippen molar-refractivity contribution < 1.29 is 19.1 Å². The molecule has 2 heterocycles. The van der Waals surface area contributed by atoms with Crippen molar-refractivity contribution in [3.8, 4) is 5.75 Å². The zero-order valence-electron chi connectivity index (χ0n) is 14.4. The molecule has 1 aromatic rings. The molecule has 1 atom stereocenters. The van der Waals surface area contributed by atoms with Crippen LogP contribution in [-0.2, 0) is 9.53 Å². The number of para-hydroxylation sites is 1. The molecule has 2 fully saturated rings. The first-order chi connectivity index (χ1) is 12.2. The molecule has 1 aromatic carbocycles. The van der Waals surface area contributed by atoms with E-state index in [4.69, 9.17) is 9.47 Å². The maximum Gasteiger partial charge on any atom is 0.317 e. The summed E-state index contributed by atoms with van der Waals surface area (Å²) in [4.78, 5) is 27.9. The second-order valence-corrected chi connectivity index (χ2v) is 6.29. The van der Waals surface area contributed by atoms with Crippen LogP contribution in [-0.4, -0.2) is 73.8 Å². The van der Waals surface area contributed by atoms with Gasteiger partial charge in [0, 0.05) is 39.3 Å². The summed E-state index contributed by atoms with van der Waals surface area (Å²) >= 11 is 0. The Labute approximate surface area is 147 Å². The van der Waals surface area contributed by atoms with Crippen LogP contribution in [0.15, 0.2) is 30.3 Å². The van der Waals surface area contributed by atoms with Crippen molar-refractivity contribution in [3.63, 3.8) is 0 Å². The second-order valence-electron chi connectivity index (χ2n) is 6.29. The van der Waals surface area contributed by atoms with E-state index in [0.29, 0.717) is 38.5 Å². The maximum absolute atomic E-state index is 12.2. The van der Waals surface area contributed by atoms with Crippen LogP contribution in [0.25, 0.3) is 0 Å². The Bertz CT molecular complexity index is 567. The molecule has 7 nitrogen and oxygen atoms in total. The van der Waals surface area contributed by atoms with Crippen LogP contribution in [0.1, 0.15) is 12.8 Å². The van der Waals surface area contributed by atoms with E-state index < -0.39 is 0 Å². The predicted molar refractivity (Wildman–Crippen MR) is 92.5 cm³/mol. The van der Waals surface area contributed by atoms with Gasteiger partial charge in [0.15, 0.2) is 6.61 Å². The van der Waals surface area contributed by atoms with Crippen molar-refractivity contribution in [3.05, 3.63) is 30.3 Å². The molecule has 2 saturated heterocycles. The van der Waals surface area contributed by atoms with Gasteiger partial charge < -0.3 is 24.6 Å². The van der Waals surface area contributed by atoms with E-state index in [0.717, 1.165) is 19.4 Å². The van der Waals surface area contributed by atoms with Gasteiger partial charge in [0.25, 0.3) is 5.91 Å². The summed E-state index contributed by atoms with van der Waals surface area (Å²) in [5, 5.41) is 2.92. The quantitative estimate of drug-likeness (QED) is 0.866. The van der Waals surface area contributed by atoms with Gasteiger partial charge in [0.05, 0.1) is 6.10 Å². The van der Waals surface area contributed by atoms with Gasteiger partial charge in [-0.2, -0.15) is 0 Å². The highest BCUT2D eigenvalue weighted by molar-refractivity contribution is 5.79. The van der Waals surface area contributed by atoms with E-state index in [1.54, 1.807) is 9.80 Å². The number of ether oxygens (including phenoxy) is 2. The van der Waals surface area contributed by atoms with Gasteiger partial charge in [0.1, 0.15) is 5.75 Å². The zero-order chi connectivity index (χ0) is 17.5. The minimum Gasteiger partial charge on any atom is -0.484 e. The maximum atomic E-state index is 12.2. The van der Waals surface area contributed by atoms with E-state index >= 15 is 0 Å². The minimum atomic E-state index is -0.0804. The van der Waals surface area contributed by atoms with Gasteiger partial charge in [-0.15, -0.1) is 0 Å². The number of hydrogen-bond donors (Lipinski definition) is 1. The van der Waals surface area contributed by atoms with E-state index in [1.165, 1.54) is 0 Å². The second kappa shape index (κ2) is 8.71. The molecule has 0 unspecified atom stereocenters. The fraction of sp³-hybridized carbons (Fsp3) is 0.556. The molecule has 2 aliphatic heterocycles. The van der Waals surface area contributed by atoms with Crippen LogP contribution in [0.5, 0.6) is 5.75 Å². The van der Waals surface area contributed by atoms with Crippen molar-refractivity contribution in [1.82, 2.24) is 15.1 Å². The van der Waals surface area contributed by atoms with Crippen molar-refractivity contribution in [2.24, 2.45) is 0 Å². The molecule has 1 N–H and O–H groups in total. The number of carbonyl (C=O) groups excluding carboxylic acids is 2. The summed E-state index contributed by atoms with van der Waals surface area (Å²) in [6.07, 6.45) is 2.21. The van der Waals surface area contributed by atoms with Gasteiger partial charge in [-0.05, 0) is 25.0 Å². The topological polar surface area (TPSA) is 71.1 Å². The molecular weight excluding hydrogens is 322 g/mol. The Morgan fingerprint density at radius 1 is 1.12 bits per heavy atom. The highest BCUT2D eigenvalue weighted by Crippen LogP contribution is 2.11. The lowest BCUT2D eigenvalue weighted by molar-refractivity contribution is -0.134. The van der Waals surface area contributed by atoms with E-state index in [9.17, 15) is 9.59 Å². The smallest absolute Gasteiger partial charge is 0.317 e. The molecule has 0 saturated carbocycles. The number of nitrogens with zero attached hydrogens (tertiary/aromatic N) is 2. The lowest BCUT2D eigenvalue weighted by Gasteiger charge is -2.34. The number of benzene rings is 1. The summed E-state index contributed by atoms with van der Waals surface area (Å²) in [5.74, 6) is 0.631. The fourth-order valence-electron chi connectivity index (χ4n) is 3.03. The number of hydrogen-bond acceptors (Lipinski definition) is 4. The molecule has 3 amide bonds. The van der Waals surface area contributed by atoms with E-state index in [-0.39, 0.29) is 24.6 Å². The molecule has 136 valence electrons. The summed E-state index contributed by atoms with van der Waals surface area (Å²) in [6, 6.07) is 9.20. The van der Waals surface area contributed by atoms with Crippen LogP contribution < -0.4 is 10.1 Å². The molecule has 2 aliphatic rings. The zero-order valence-corrected chi connectivity index (χ0v) is 14.4. The summed E-state index contributed by atoms with van der Waals surface area (Å²) in [6.45, 7) is 3.50. The van der Waals surface area contributed by atoms with Crippen molar-refractivity contribution >= 4 is 11.9 Å². The Balaban J connectivity index is 1.35. The SMILES string of the molecule is O=C(COc1ccccc1)N1CCN(C(=O)NC[C@H]2CCCO2)CC1. The van der Waals surface area contributed by atoms with Crippen LogP contribution in [0.4, 0.5) is 4.79 Å². The van der Waals surface area contributed by atoms with Gasteiger partial charge in [-0.3, -0.25) is 4.79 Å². The average molecular weight is 347 g/mol. The highest BCUT2D eigenvalue weighted by Gasteiger charge is 2.25. The van der Waals surface area contributed by atoms with Gasteiger partial charge in [0.2, 0.25) is 0 Å². The number of piperazine rings is 1. The standard InChI is InChI=1S/C18H25N3O4/c22-17(14-25-15-5-2-1-3-6-15)20-8-10-21(11-9-20)18(23)19-13-16-7-4-12-24-16/h1-3,5-6,16H,4,7-14H2,(H,19,23)/t16-/m1/s1. The Hall–Kier alpha value is -2.28. The van der Waals surface area contributed by atoms with Crippen LogP contribution in [0.3, 0.4) is 0 Å². The minimum absolute atomic E-state index is 0.0230. The first-order valence-electron chi connectivity index (χ1n) is 8.82. The summed E-state index contributed by atoms with van der Waals surface area (Å²) in [5.41, 5.74) is 0. The molecule has 0 spiro atoms. The molecule has 0 radical (unpaired) electrons. The van der Waals surface area contributed by atoms with Crippen LogP contribution >= 0.6 is 0 Å². The molecular formula is C18H25N3O4. The lowest BCUT2D eigenvalue weighted by atomic mass is 10.2. The highest BCUT2D eigenvalue weighted by atomic mass is 16.5. The van der Waals surface area contributed by atoms with Crippen molar-refractivity contribution in [2.45, 2.75) is 18.9 Å². The molecule has 3 rings (SSSR count). The monoisotopic (exact) mass is 347 g/mol. The first kappa shape index (κ1) is 17.5. The van der Waals surface area contributed by atoms with E-state index in [2.05, 4.69) is 5.32 Å². The average Bonchev–Trinajstić information content (AvgIpc) is 3.19. The third-order valence-electron chi connectivity index (χ3n) is 4.53. The molecule has 0 aliphatic carbocycles. The molecule has 0 aromatic heterocycles.